The summed E-state index contributed by atoms with van der Waals surface area (Å²) in [7, 11) is 0. The quantitative estimate of drug-likeness (QED) is 0.875. The summed E-state index contributed by atoms with van der Waals surface area (Å²) in [6.07, 6.45) is 8.52. The number of aryl methyl sites for hydroxylation is 1. The first-order valence-electron chi connectivity index (χ1n) is 6.44. The minimum atomic E-state index is 0.586. The SMILES string of the molecule is CC1CCc2cc(Cc3cnccn3)ccc2N1. The Bertz CT molecular complexity index is 537. The van der Waals surface area contributed by atoms with Crippen LogP contribution in [0.25, 0.3) is 0 Å². The van der Waals surface area contributed by atoms with Gasteiger partial charge in [0.2, 0.25) is 0 Å². The monoisotopic (exact) mass is 239 g/mol. The molecule has 92 valence electrons. The van der Waals surface area contributed by atoms with Crippen molar-refractivity contribution in [2.45, 2.75) is 32.2 Å². The summed E-state index contributed by atoms with van der Waals surface area (Å²) in [5.41, 5.74) is 5.05. The van der Waals surface area contributed by atoms with Crippen LogP contribution in [-0.4, -0.2) is 16.0 Å². The Balaban J connectivity index is 1.82. The maximum atomic E-state index is 4.32. The molecular weight excluding hydrogens is 222 g/mol. The average Bonchev–Trinajstić information content (AvgIpc) is 2.40. The number of hydrogen-bond donors (Lipinski definition) is 1. The molecule has 0 saturated heterocycles. The summed E-state index contributed by atoms with van der Waals surface area (Å²) in [5.74, 6) is 0. The van der Waals surface area contributed by atoms with Gasteiger partial charge in [0.25, 0.3) is 0 Å². The van der Waals surface area contributed by atoms with Gasteiger partial charge in [-0.05, 0) is 37.0 Å². The van der Waals surface area contributed by atoms with Gasteiger partial charge in [-0.2, -0.15) is 0 Å². The molecule has 3 heteroatoms. The lowest BCUT2D eigenvalue weighted by Gasteiger charge is -2.24. The molecular formula is C15H17N3. The van der Waals surface area contributed by atoms with Gasteiger partial charge in [-0.25, -0.2) is 0 Å². The number of benzene rings is 1. The van der Waals surface area contributed by atoms with Gasteiger partial charge in [-0.1, -0.05) is 12.1 Å². The van der Waals surface area contributed by atoms with Crippen molar-refractivity contribution in [3.05, 3.63) is 53.6 Å². The van der Waals surface area contributed by atoms with Crippen LogP contribution in [0.2, 0.25) is 0 Å². The molecule has 1 aromatic heterocycles. The third-order valence-corrected chi connectivity index (χ3v) is 3.42. The Labute approximate surface area is 107 Å². The lowest BCUT2D eigenvalue weighted by molar-refractivity contribution is 0.680. The van der Waals surface area contributed by atoms with Crippen molar-refractivity contribution in [3.8, 4) is 0 Å². The normalized spacial score (nSPS) is 17.9. The summed E-state index contributed by atoms with van der Waals surface area (Å²) in [6, 6.07) is 7.25. The number of nitrogens with zero attached hydrogens (tertiary/aromatic N) is 2. The van der Waals surface area contributed by atoms with Crippen LogP contribution in [0.15, 0.2) is 36.8 Å². The zero-order valence-electron chi connectivity index (χ0n) is 10.6. The lowest BCUT2D eigenvalue weighted by Crippen LogP contribution is -2.21. The summed E-state index contributed by atoms with van der Waals surface area (Å²) in [6.45, 7) is 2.23. The zero-order chi connectivity index (χ0) is 12.4. The predicted molar refractivity (Wildman–Crippen MR) is 72.7 cm³/mol. The summed E-state index contributed by atoms with van der Waals surface area (Å²) >= 11 is 0. The lowest BCUT2D eigenvalue weighted by atomic mass is 9.96. The second kappa shape index (κ2) is 4.77. The topological polar surface area (TPSA) is 37.8 Å². The van der Waals surface area contributed by atoms with Gasteiger partial charge in [0.05, 0.1) is 5.69 Å². The van der Waals surface area contributed by atoms with E-state index >= 15 is 0 Å². The maximum Gasteiger partial charge on any atom is 0.0630 e. The molecule has 1 aliphatic heterocycles. The van der Waals surface area contributed by atoms with E-state index in [2.05, 4.69) is 40.4 Å². The minimum Gasteiger partial charge on any atom is -0.382 e. The Morgan fingerprint density at radius 3 is 3.11 bits per heavy atom. The van der Waals surface area contributed by atoms with E-state index in [4.69, 9.17) is 0 Å². The van der Waals surface area contributed by atoms with Crippen molar-refractivity contribution in [1.29, 1.82) is 0 Å². The van der Waals surface area contributed by atoms with Gasteiger partial charge in [-0.15, -0.1) is 0 Å². The first-order chi connectivity index (χ1) is 8.81. The van der Waals surface area contributed by atoms with Crippen LogP contribution < -0.4 is 5.32 Å². The largest absolute Gasteiger partial charge is 0.382 e. The number of fused-ring (bicyclic) bond motifs is 1. The van der Waals surface area contributed by atoms with E-state index in [1.807, 2.05) is 6.20 Å². The van der Waals surface area contributed by atoms with E-state index in [1.165, 1.54) is 23.2 Å². The molecule has 0 amide bonds. The van der Waals surface area contributed by atoms with E-state index in [1.54, 1.807) is 12.4 Å². The Kier molecular flexibility index (Phi) is 2.97. The molecule has 1 unspecified atom stereocenters. The standard InChI is InChI=1S/C15H17N3/c1-11-2-4-13-8-12(3-5-15(13)18-11)9-14-10-16-6-7-17-14/h3,5-8,10-11,18H,2,4,9H2,1H3. The van der Waals surface area contributed by atoms with Crippen LogP contribution in [0.1, 0.15) is 30.2 Å². The summed E-state index contributed by atoms with van der Waals surface area (Å²) in [4.78, 5) is 8.42. The van der Waals surface area contributed by atoms with Gasteiger partial charge >= 0.3 is 0 Å². The molecule has 18 heavy (non-hydrogen) atoms. The molecule has 0 aliphatic carbocycles. The first kappa shape index (κ1) is 11.2. The zero-order valence-corrected chi connectivity index (χ0v) is 10.6. The number of nitrogens with one attached hydrogen (secondary N) is 1. The maximum absolute atomic E-state index is 4.32. The van der Waals surface area contributed by atoms with E-state index < -0.39 is 0 Å². The highest BCUT2D eigenvalue weighted by Gasteiger charge is 2.14. The Morgan fingerprint density at radius 1 is 1.33 bits per heavy atom. The van der Waals surface area contributed by atoms with E-state index in [0.717, 1.165) is 18.5 Å². The molecule has 1 aliphatic rings. The molecule has 1 atom stereocenters. The highest BCUT2D eigenvalue weighted by atomic mass is 14.9. The Hall–Kier alpha value is -1.90. The molecule has 0 saturated carbocycles. The number of rotatable bonds is 2. The number of anilines is 1. The third-order valence-electron chi connectivity index (χ3n) is 3.42. The first-order valence-corrected chi connectivity index (χ1v) is 6.44. The molecule has 0 fully saturated rings. The summed E-state index contributed by atoms with van der Waals surface area (Å²) < 4.78 is 0. The molecule has 2 aromatic rings. The van der Waals surface area contributed by atoms with Crippen LogP contribution in [0.4, 0.5) is 5.69 Å². The fourth-order valence-electron chi connectivity index (χ4n) is 2.44. The van der Waals surface area contributed by atoms with Crippen molar-refractivity contribution in [2.75, 3.05) is 5.32 Å². The Morgan fingerprint density at radius 2 is 2.28 bits per heavy atom. The van der Waals surface area contributed by atoms with Crippen molar-refractivity contribution >= 4 is 5.69 Å². The van der Waals surface area contributed by atoms with E-state index in [-0.39, 0.29) is 0 Å². The molecule has 0 spiro atoms. The molecule has 1 aromatic carbocycles. The van der Waals surface area contributed by atoms with Crippen LogP contribution in [0, 0.1) is 0 Å². The summed E-state index contributed by atoms with van der Waals surface area (Å²) in [5, 5.41) is 3.52. The van der Waals surface area contributed by atoms with Crippen molar-refractivity contribution in [1.82, 2.24) is 9.97 Å². The second-order valence-electron chi connectivity index (χ2n) is 4.95. The van der Waals surface area contributed by atoms with E-state index in [0.29, 0.717) is 6.04 Å². The van der Waals surface area contributed by atoms with Gasteiger partial charge in [-0.3, -0.25) is 9.97 Å². The highest BCUT2D eigenvalue weighted by molar-refractivity contribution is 5.55. The van der Waals surface area contributed by atoms with Gasteiger partial charge in [0.1, 0.15) is 0 Å². The van der Waals surface area contributed by atoms with Crippen molar-refractivity contribution in [3.63, 3.8) is 0 Å². The number of aromatic nitrogens is 2. The fraction of sp³-hybridized carbons (Fsp3) is 0.333. The molecule has 3 rings (SSSR count). The smallest absolute Gasteiger partial charge is 0.0630 e. The third kappa shape index (κ3) is 2.35. The predicted octanol–water partition coefficient (Wildman–Crippen LogP) is 2.81. The average molecular weight is 239 g/mol. The second-order valence-corrected chi connectivity index (χ2v) is 4.95. The highest BCUT2D eigenvalue weighted by Crippen LogP contribution is 2.26. The van der Waals surface area contributed by atoms with Crippen LogP contribution in [-0.2, 0) is 12.8 Å². The van der Waals surface area contributed by atoms with Gasteiger partial charge in [0.15, 0.2) is 0 Å². The molecule has 0 radical (unpaired) electrons. The van der Waals surface area contributed by atoms with E-state index in [9.17, 15) is 0 Å². The fourth-order valence-corrected chi connectivity index (χ4v) is 2.44. The molecule has 2 heterocycles. The van der Waals surface area contributed by atoms with Crippen LogP contribution >= 0.6 is 0 Å². The molecule has 0 bridgehead atoms. The van der Waals surface area contributed by atoms with Gasteiger partial charge in [0, 0.05) is 36.7 Å². The van der Waals surface area contributed by atoms with Crippen LogP contribution in [0.3, 0.4) is 0 Å². The molecule has 3 nitrogen and oxygen atoms in total. The molecule has 1 N–H and O–H groups in total. The van der Waals surface area contributed by atoms with Crippen LogP contribution in [0.5, 0.6) is 0 Å². The van der Waals surface area contributed by atoms with Crippen molar-refractivity contribution in [2.24, 2.45) is 0 Å². The van der Waals surface area contributed by atoms with Crippen molar-refractivity contribution < 1.29 is 0 Å². The number of hydrogen-bond acceptors (Lipinski definition) is 3. The minimum absolute atomic E-state index is 0.586. The van der Waals surface area contributed by atoms with Gasteiger partial charge < -0.3 is 5.32 Å².